The molecular formula is C17H26O4. The lowest BCUT2D eigenvalue weighted by Crippen LogP contribution is -2.04. The first-order valence-corrected chi connectivity index (χ1v) is 7.57. The third kappa shape index (κ3) is 7.02. The van der Waals surface area contributed by atoms with Gasteiger partial charge >= 0.3 is 5.97 Å². The van der Waals surface area contributed by atoms with Gasteiger partial charge in [-0.25, -0.2) is 0 Å². The van der Waals surface area contributed by atoms with Crippen molar-refractivity contribution in [3.05, 3.63) is 23.8 Å². The molecule has 0 fully saturated rings. The molecule has 0 aliphatic carbocycles. The molecule has 0 aliphatic rings. The Hall–Kier alpha value is -1.71. The van der Waals surface area contributed by atoms with Crippen LogP contribution in [-0.2, 0) is 16.1 Å². The molecule has 0 atom stereocenters. The van der Waals surface area contributed by atoms with E-state index in [0.717, 1.165) is 18.4 Å². The second-order valence-corrected chi connectivity index (χ2v) is 5.05. The average Bonchev–Trinajstić information content (AvgIpc) is 2.52. The lowest BCUT2D eigenvalue weighted by molar-refractivity contribution is -0.145. The monoisotopic (exact) mass is 294 g/mol. The van der Waals surface area contributed by atoms with Crippen LogP contribution in [0.3, 0.4) is 0 Å². The Bertz CT molecular complexity index is 407. The number of ether oxygens (including phenoxy) is 3. The molecule has 0 radical (unpaired) electrons. The minimum atomic E-state index is -0.145. The maximum Gasteiger partial charge on any atom is 0.306 e. The molecule has 1 rings (SSSR count). The normalized spacial score (nSPS) is 10.2. The van der Waals surface area contributed by atoms with Crippen molar-refractivity contribution in [2.24, 2.45) is 0 Å². The van der Waals surface area contributed by atoms with E-state index in [-0.39, 0.29) is 12.6 Å². The second kappa shape index (κ2) is 10.1. The molecule has 0 spiro atoms. The second-order valence-electron chi connectivity index (χ2n) is 5.05. The quantitative estimate of drug-likeness (QED) is 0.481. The minimum Gasteiger partial charge on any atom is -0.497 e. The number of hydrogen-bond acceptors (Lipinski definition) is 4. The smallest absolute Gasteiger partial charge is 0.306 e. The summed E-state index contributed by atoms with van der Waals surface area (Å²) in [6.07, 6.45) is 6.12. The highest BCUT2D eigenvalue weighted by Crippen LogP contribution is 2.23. The van der Waals surface area contributed by atoms with E-state index in [4.69, 9.17) is 14.2 Å². The summed E-state index contributed by atoms with van der Waals surface area (Å²) < 4.78 is 15.7. The molecular weight excluding hydrogens is 268 g/mol. The van der Waals surface area contributed by atoms with Gasteiger partial charge in [0.25, 0.3) is 0 Å². The zero-order chi connectivity index (χ0) is 15.5. The summed E-state index contributed by atoms with van der Waals surface area (Å²) in [6, 6.07) is 5.48. The van der Waals surface area contributed by atoms with Crippen molar-refractivity contribution >= 4 is 5.97 Å². The van der Waals surface area contributed by atoms with Gasteiger partial charge in [-0.3, -0.25) is 4.79 Å². The largest absolute Gasteiger partial charge is 0.497 e. The number of hydrogen-bond donors (Lipinski definition) is 0. The van der Waals surface area contributed by atoms with Crippen LogP contribution >= 0.6 is 0 Å². The average molecular weight is 294 g/mol. The fraction of sp³-hybridized carbons (Fsp3) is 0.588. The van der Waals surface area contributed by atoms with Crippen molar-refractivity contribution < 1.29 is 19.0 Å². The maximum absolute atomic E-state index is 11.7. The Morgan fingerprint density at radius 1 is 0.952 bits per heavy atom. The fourth-order valence-electron chi connectivity index (χ4n) is 2.06. The molecule has 0 N–H and O–H groups in total. The number of esters is 1. The van der Waals surface area contributed by atoms with Gasteiger partial charge in [0.1, 0.15) is 18.1 Å². The summed E-state index contributed by atoms with van der Waals surface area (Å²) in [6.45, 7) is 2.43. The first kappa shape index (κ1) is 17.3. The molecule has 0 amide bonds. The van der Waals surface area contributed by atoms with E-state index in [1.807, 2.05) is 12.1 Å². The summed E-state index contributed by atoms with van der Waals surface area (Å²) in [4.78, 5) is 11.7. The Kier molecular flexibility index (Phi) is 8.32. The SMILES string of the molecule is CCCCCCCC(=O)OCc1cc(OC)cc(OC)c1. The molecule has 0 heterocycles. The molecule has 1 aromatic rings. The van der Waals surface area contributed by atoms with E-state index in [1.54, 1.807) is 20.3 Å². The van der Waals surface area contributed by atoms with Crippen molar-refractivity contribution in [1.82, 2.24) is 0 Å². The molecule has 0 saturated carbocycles. The van der Waals surface area contributed by atoms with Gasteiger partial charge in [0.05, 0.1) is 14.2 Å². The van der Waals surface area contributed by atoms with E-state index in [0.29, 0.717) is 17.9 Å². The zero-order valence-electron chi connectivity index (χ0n) is 13.3. The van der Waals surface area contributed by atoms with Crippen LogP contribution < -0.4 is 9.47 Å². The van der Waals surface area contributed by atoms with E-state index >= 15 is 0 Å². The van der Waals surface area contributed by atoms with Gasteiger partial charge in [-0.1, -0.05) is 32.6 Å². The number of unbranched alkanes of at least 4 members (excludes halogenated alkanes) is 4. The van der Waals surface area contributed by atoms with E-state index in [1.165, 1.54) is 19.3 Å². The van der Waals surface area contributed by atoms with Gasteiger partial charge < -0.3 is 14.2 Å². The van der Waals surface area contributed by atoms with E-state index in [9.17, 15) is 4.79 Å². The maximum atomic E-state index is 11.7. The van der Waals surface area contributed by atoms with Crippen molar-refractivity contribution in [1.29, 1.82) is 0 Å². The number of carbonyl (C=O) groups is 1. The van der Waals surface area contributed by atoms with Gasteiger partial charge in [0.15, 0.2) is 0 Å². The Labute approximate surface area is 127 Å². The number of benzene rings is 1. The molecule has 118 valence electrons. The van der Waals surface area contributed by atoms with Crippen molar-refractivity contribution in [2.45, 2.75) is 52.1 Å². The van der Waals surface area contributed by atoms with Crippen LogP contribution in [0.5, 0.6) is 11.5 Å². The summed E-state index contributed by atoms with van der Waals surface area (Å²) in [5.74, 6) is 1.24. The van der Waals surface area contributed by atoms with Gasteiger partial charge in [-0.15, -0.1) is 0 Å². The van der Waals surface area contributed by atoms with E-state index in [2.05, 4.69) is 6.92 Å². The van der Waals surface area contributed by atoms with Crippen LogP contribution in [0.15, 0.2) is 18.2 Å². The summed E-state index contributed by atoms with van der Waals surface area (Å²) in [5, 5.41) is 0. The molecule has 4 nitrogen and oxygen atoms in total. The van der Waals surface area contributed by atoms with Crippen LogP contribution in [-0.4, -0.2) is 20.2 Å². The Morgan fingerprint density at radius 3 is 2.14 bits per heavy atom. The number of methoxy groups -OCH3 is 2. The summed E-state index contributed by atoms with van der Waals surface area (Å²) in [7, 11) is 3.20. The van der Waals surface area contributed by atoms with Crippen molar-refractivity contribution in [3.8, 4) is 11.5 Å². The standard InChI is InChI=1S/C17H26O4/c1-4-5-6-7-8-9-17(18)21-13-14-10-15(19-2)12-16(11-14)20-3/h10-12H,4-9,13H2,1-3H3. The molecule has 0 aliphatic heterocycles. The first-order chi connectivity index (χ1) is 10.2. The number of rotatable bonds is 10. The van der Waals surface area contributed by atoms with Gasteiger partial charge in [0.2, 0.25) is 0 Å². The summed E-state index contributed by atoms with van der Waals surface area (Å²) in [5.41, 5.74) is 0.866. The van der Waals surface area contributed by atoms with E-state index < -0.39 is 0 Å². The molecule has 0 aromatic heterocycles. The minimum absolute atomic E-state index is 0.145. The number of carbonyl (C=O) groups excluding carboxylic acids is 1. The van der Waals surface area contributed by atoms with Crippen LogP contribution in [0.25, 0.3) is 0 Å². The Morgan fingerprint density at radius 2 is 1.57 bits per heavy atom. The first-order valence-electron chi connectivity index (χ1n) is 7.57. The van der Waals surface area contributed by atoms with Gasteiger partial charge in [-0.2, -0.15) is 0 Å². The summed E-state index contributed by atoms with van der Waals surface area (Å²) >= 11 is 0. The third-order valence-electron chi connectivity index (χ3n) is 3.30. The molecule has 0 bridgehead atoms. The predicted molar refractivity (Wildman–Crippen MR) is 82.7 cm³/mol. The van der Waals surface area contributed by atoms with Gasteiger partial charge in [0, 0.05) is 12.5 Å². The Balaban J connectivity index is 2.35. The van der Waals surface area contributed by atoms with Crippen LogP contribution in [0.2, 0.25) is 0 Å². The van der Waals surface area contributed by atoms with Crippen LogP contribution in [0.1, 0.15) is 51.0 Å². The van der Waals surface area contributed by atoms with Gasteiger partial charge in [-0.05, 0) is 24.1 Å². The molecule has 21 heavy (non-hydrogen) atoms. The fourth-order valence-corrected chi connectivity index (χ4v) is 2.06. The molecule has 0 saturated heterocycles. The van der Waals surface area contributed by atoms with Crippen LogP contribution in [0, 0.1) is 0 Å². The highest BCUT2D eigenvalue weighted by molar-refractivity contribution is 5.69. The van der Waals surface area contributed by atoms with Crippen LogP contribution in [0.4, 0.5) is 0 Å². The van der Waals surface area contributed by atoms with Crippen molar-refractivity contribution in [2.75, 3.05) is 14.2 Å². The zero-order valence-corrected chi connectivity index (χ0v) is 13.3. The lowest BCUT2D eigenvalue weighted by Gasteiger charge is -2.09. The highest BCUT2D eigenvalue weighted by Gasteiger charge is 2.06. The molecule has 1 aromatic carbocycles. The third-order valence-corrected chi connectivity index (χ3v) is 3.30. The lowest BCUT2D eigenvalue weighted by atomic mass is 10.1. The highest BCUT2D eigenvalue weighted by atomic mass is 16.5. The molecule has 4 heteroatoms. The molecule has 0 unspecified atom stereocenters. The van der Waals surface area contributed by atoms with Crippen molar-refractivity contribution in [3.63, 3.8) is 0 Å². The predicted octanol–water partition coefficient (Wildman–Crippen LogP) is 4.11. The topological polar surface area (TPSA) is 44.8 Å².